The van der Waals surface area contributed by atoms with E-state index in [0.29, 0.717) is 18.7 Å². The molecule has 11 heteroatoms. The van der Waals surface area contributed by atoms with Gasteiger partial charge in [-0.2, -0.15) is 4.31 Å². The molecule has 2 aliphatic heterocycles. The summed E-state index contributed by atoms with van der Waals surface area (Å²) in [7, 11) is -2.20. The summed E-state index contributed by atoms with van der Waals surface area (Å²) in [5, 5.41) is 21.4. The molecule has 1 amide bonds. The quantitative estimate of drug-likeness (QED) is 0.280. The lowest BCUT2D eigenvalue weighted by Crippen LogP contribution is -2.35. The number of piperidine rings is 1. The van der Waals surface area contributed by atoms with Crippen molar-refractivity contribution in [2.75, 3.05) is 40.0 Å². The Hall–Kier alpha value is -3.41. The van der Waals surface area contributed by atoms with Crippen LogP contribution in [-0.4, -0.2) is 79.5 Å². The SMILES string of the molecule is CCOc1cc(C2C(=C(O)c3ccc(S(=O)(=O)N4CCCCC4)cc3)C(=O)C(=O)N2CCOC)ccc1O. The number of carbonyl (C=O) groups excluding carboxylic acids is 2. The highest BCUT2D eigenvalue weighted by molar-refractivity contribution is 7.89. The third-order valence-electron chi connectivity index (χ3n) is 6.76. The number of benzene rings is 2. The van der Waals surface area contributed by atoms with Gasteiger partial charge in [0.15, 0.2) is 11.5 Å². The molecule has 2 aromatic rings. The zero-order valence-electron chi connectivity index (χ0n) is 21.4. The Morgan fingerprint density at radius 1 is 1.05 bits per heavy atom. The predicted molar refractivity (Wildman–Crippen MR) is 139 cm³/mol. The lowest BCUT2D eigenvalue weighted by Gasteiger charge is -2.26. The summed E-state index contributed by atoms with van der Waals surface area (Å²) in [5.41, 5.74) is 0.499. The largest absolute Gasteiger partial charge is 0.507 e. The minimum Gasteiger partial charge on any atom is -0.507 e. The predicted octanol–water partition coefficient (Wildman–Crippen LogP) is 3.03. The average molecular weight is 545 g/mol. The summed E-state index contributed by atoms with van der Waals surface area (Å²) >= 11 is 0. The van der Waals surface area contributed by atoms with Crippen molar-refractivity contribution in [2.45, 2.75) is 37.1 Å². The van der Waals surface area contributed by atoms with Crippen LogP contribution in [-0.2, 0) is 24.3 Å². The molecule has 38 heavy (non-hydrogen) atoms. The van der Waals surface area contributed by atoms with E-state index in [4.69, 9.17) is 9.47 Å². The van der Waals surface area contributed by atoms with E-state index in [2.05, 4.69) is 0 Å². The normalized spacial score (nSPS) is 20.2. The number of aromatic hydroxyl groups is 1. The first kappa shape index (κ1) is 27.6. The fourth-order valence-corrected chi connectivity index (χ4v) is 6.33. The molecule has 1 atom stereocenters. The first-order valence-corrected chi connectivity index (χ1v) is 14.0. The number of likely N-dealkylation sites (tertiary alicyclic amines) is 1. The number of aliphatic hydroxyl groups excluding tert-OH is 1. The molecule has 2 heterocycles. The van der Waals surface area contributed by atoms with Crippen LogP contribution in [0.1, 0.15) is 43.4 Å². The molecular weight excluding hydrogens is 512 g/mol. The number of ether oxygens (including phenoxy) is 2. The summed E-state index contributed by atoms with van der Waals surface area (Å²) in [6.45, 7) is 3.21. The van der Waals surface area contributed by atoms with Crippen molar-refractivity contribution < 1.29 is 37.7 Å². The zero-order chi connectivity index (χ0) is 27.4. The fourth-order valence-electron chi connectivity index (χ4n) is 4.81. The molecule has 4 rings (SSSR count). The van der Waals surface area contributed by atoms with Gasteiger partial charge in [0.1, 0.15) is 5.76 Å². The van der Waals surface area contributed by atoms with Crippen LogP contribution in [0.5, 0.6) is 11.5 Å². The molecule has 2 aromatic carbocycles. The number of rotatable bonds is 9. The van der Waals surface area contributed by atoms with Crippen LogP contribution in [0.15, 0.2) is 52.9 Å². The Balaban J connectivity index is 1.76. The molecule has 204 valence electrons. The van der Waals surface area contributed by atoms with Gasteiger partial charge in [0.2, 0.25) is 10.0 Å². The lowest BCUT2D eigenvalue weighted by molar-refractivity contribution is -0.140. The van der Waals surface area contributed by atoms with Crippen LogP contribution in [0.25, 0.3) is 5.76 Å². The molecule has 0 spiro atoms. The van der Waals surface area contributed by atoms with Crippen molar-refractivity contribution >= 4 is 27.5 Å². The topological polar surface area (TPSA) is 134 Å². The summed E-state index contributed by atoms with van der Waals surface area (Å²) in [4.78, 5) is 27.5. The third kappa shape index (κ3) is 5.27. The number of nitrogens with zero attached hydrogens (tertiary/aromatic N) is 2. The van der Waals surface area contributed by atoms with Crippen LogP contribution in [0, 0.1) is 0 Å². The van der Waals surface area contributed by atoms with Gasteiger partial charge in [-0.15, -0.1) is 0 Å². The van der Waals surface area contributed by atoms with E-state index in [0.717, 1.165) is 19.3 Å². The number of hydrogen-bond acceptors (Lipinski definition) is 8. The van der Waals surface area contributed by atoms with Crippen molar-refractivity contribution in [3.05, 3.63) is 59.2 Å². The van der Waals surface area contributed by atoms with Gasteiger partial charge >= 0.3 is 0 Å². The molecule has 10 nitrogen and oxygen atoms in total. The van der Waals surface area contributed by atoms with E-state index >= 15 is 0 Å². The second kappa shape index (κ2) is 11.5. The van der Waals surface area contributed by atoms with Crippen molar-refractivity contribution in [3.8, 4) is 11.5 Å². The molecule has 0 bridgehead atoms. The van der Waals surface area contributed by atoms with Crippen molar-refractivity contribution in [3.63, 3.8) is 0 Å². The van der Waals surface area contributed by atoms with Crippen LogP contribution in [0.4, 0.5) is 0 Å². The van der Waals surface area contributed by atoms with Crippen LogP contribution in [0.2, 0.25) is 0 Å². The maximum Gasteiger partial charge on any atom is 0.295 e. The number of sulfonamides is 1. The highest BCUT2D eigenvalue weighted by atomic mass is 32.2. The molecule has 0 aliphatic carbocycles. The Morgan fingerprint density at radius 3 is 2.37 bits per heavy atom. The maximum atomic E-state index is 13.2. The summed E-state index contributed by atoms with van der Waals surface area (Å²) < 4.78 is 38.1. The summed E-state index contributed by atoms with van der Waals surface area (Å²) in [6.07, 6.45) is 2.61. The molecular formula is C27H32N2O8S. The molecule has 0 saturated carbocycles. The molecule has 2 aliphatic rings. The van der Waals surface area contributed by atoms with Crippen LogP contribution < -0.4 is 4.74 Å². The van der Waals surface area contributed by atoms with Gasteiger partial charge < -0.3 is 24.6 Å². The average Bonchev–Trinajstić information content (AvgIpc) is 3.18. The fraction of sp³-hybridized carbons (Fsp3) is 0.407. The van der Waals surface area contributed by atoms with Crippen LogP contribution >= 0.6 is 0 Å². The number of carbonyl (C=O) groups is 2. The Labute approximate surface area is 222 Å². The van der Waals surface area contributed by atoms with Gasteiger partial charge in [-0.05, 0) is 61.7 Å². The van der Waals surface area contributed by atoms with Crippen molar-refractivity contribution in [1.29, 1.82) is 0 Å². The first-order chi connectivity index (χ1) is 18.2. The molecule has 0 radical (unpaired) electrons. The van der Waals surface area contributed by atoms with E-state index in [9.17, 15) is 28.2 Å². The zero-order valence-corrected chi connectivity index (χ0v) is 22.2. The molecule has 2 fully saturated rings. The second-order valence-corrected chi connectivity index (χ2v) is 11.1. The molecule has 2 N–H and O–H groups in total. The Morgan fingerprint density at radius 2 is 1.74 bits per heavy atom. The highest BCUT2D eigenvalue weighted by Gasteiger charge is 2.46. The number of phenols is 1. The maximum absolute atomic E-state index is 13.2. The Bertz CT molecular complexity index is 1330. The molecule has 0 aromatic heterocycles. The van der Waals surface area contributed by atoms with Gasteiger partial charge in [0, 0.05) is 32.3 Å². The third-order valence-corrected chi connectivity index (χ3v) is 8.67. The van der Waals surface area contributed by atoms with Gasteiger partial charge in [-0.25, -0.2) is 8.42 Å². The lowest BCUT2D eigenvalue weighted by atomic mass is 9.95. The number of methoxy groups -OCH3 is 1. The number of ketones is 1. The first-order valence-electron chi connectivity index (χ1n) is 12.5. The second-order valence-electron chi connectivity index (χ2n) is 9.13. The van der Waals surface area contributed by atoms with Gasteiger partial charge in [-0.1, -0.05) is 12.5 Å². The van der Waals surface area contributed by atoms with Gasteiger partial charge in [-0.3, -0.25) is 9.59 Å². The molecule has 1 unspecified atom stereocenters. The standard InChI is InChI=1S/C27H32N2O8S/c1-3-37-22-17-19(9-12-21(22)30)24-23(26(32)27(33)29(24)15-16-36-2)25(31)18-7-10-20(11-8-18)38(34,35)28-13-5-4-6-14-28/h7-12,17,24,30-31H,3-6,13-16H2,1-2H3. The smallest absolute Gasteiger partial charge is 0.295 e. The number of amides is 1. The van der Waals surface area contributed by atoms with E-state index in [-0.39, 0.29) is 47.3 Å². The highest BCUT2D eigenvalue weighted by Crippen LogP contribution is 2.41. The minimum atomic E-state index is -3.68. The number of aliphatic hydroxyl groups is 1. The van der Waals surface area contributed by atoms with E-state index in [1.807, 2.05) is 0 Å². The van der Waals surface area contributed by atoms with Gasteiger partial charge in [0.05, 0.1) is 29.7 Å². The van der Waals surface area contributed by atoms with E-state index in [1.165, 1.54) is 52.7 Å². The summed E-state index contributed by atoms with van der Waals surface area (Å²) in [6, 6.07) is 9.14. The number of phenolic OH excluding ortho intramolecular Hbond substituents is 1. The monoisotopic (exact) mass is 544 g/mol. The van der Waals surface area contributed by atoms with Crippen molar-refractivity contribution in [1.82, 2.24) is 9.21 Å². The minimum absolute atomic E-state index is 0.0837. The van der Waals surface area contributed by atoms with E-state index in [1.54, 1.807) is 13.0 Å². The van der Waals surface area contributed by atoms with Gasteiger partial charge in [0.25, 0.3) is 11.7 Å². The summed E-state index contributed by atoms with van der Waals surface area (Å²) in [5.74, 6) is -2.03. The van der Waals surface area contributed by atoms with E-state index < -0.39 is 33.5 Å². The van der Waals surface area contributed by atoms with Crippen LogP contribution in [0.3, 0.4) is 0 Å². The Kier molecular flexibility index (Phi) is 8.39. The number of hydrogen-bond donors (Lipinski definition) is 2. The number of Topliss-reactive ketones (excluding diaryl/α,β-unsaturated/α-hetero) is 1. The molecule has 2 saturated heterocycles. The van der Waals surface area contributed by atoms with Crippen molar-refractivity contribution in [2.24, 2.45) is 0 Å².